The summed E-state index contributed by atoms with van der Waals surface area (Å²) in [6, 6.07) is 4.37. The van der Waals surface area contributed by atoms with Crippen molar-refractivity contribution in [1.82, 2.24) is 5.32 Å². The fourth-order valence-electron chi connectivity index (χ4n) is 1.36. The molecule has 1 nitrogen and oxygen atoms in total. The Hall–Kier alpha value is -0.340. The summed E-state index contributed by atoms with van der Waals surface area (Å²) in [5.74, 6) is 0. The minimum atomic E-state index is 0.330. The van der Waals surface area contributed by atoms with Crippen LogP contribution >= 0.6 is 11.3 Å². The maximum absolute atomic E-state index is 3.37. The van der Waals surface area contributed by atoms with Crippen LogP contribution in [0.25, 0.3) is 0 Å². The molecule has 1 heterocycles. The Bertz CT molecular complexity index is 226. The van der Waals surface area contributed by atoms with Gasteiger partial charge in [0.2, 0.25) is 0 Å². The summed E-state index contributed by atoms with van der Waals surface area (Å²) < 4.78 is 0. The van der Waals surface area contributed by atoms with E-state index in [0.29, 0.717) is 5.41 Å². The molecule has 0 aliphatic carbocycles. The molecule has 1 aromatic heterocycles. The van der Waals surface area contributed by atoms with Crippen LogP contribution in [0.15, 0.2) is 17.5 Å². The Morgan fingerprint density at radius 3 is 2.77 bits per heavy atom. The fourth-order valence-corrected chi connectivity index (χ4v) is 2.25. The molecule has 0 radical (unpaired) electrons. The van der Waals surface area contributed by atoms with Gasteiger partial charge in [0, 0.05) is 10.3 Å². The van der Waals surface area contributed by atoms with E-state index in [1.54, 1.807) is 0 Å². The molecule has 0 aliphatic rings. The van der Waals surface area contributed by atoms with Crippen LogP contribution < -0.4 is 5.32 Å². The number of hydrogen-bond donors (Lipinski definition) is 1. The van der Waals surface area contributed by atoms with Crippen molar-refractivity contribution >= 4 is 11.3 Å². The first kappa shape index (κ1) is 10.7. The topological polar surface area (TPSA) is 12.0 Å². The van der Waals surface area contributed by atoms with Crippen LogP contribution in [0.4, 0.5) is 0 Å². The molecule has 2 heteroatoms. The van der Waals surface area contributed by atoms with Crippen molar-refractivity contribution in [3.8, 4) is 0 Å². The van der Waals surface area contributed by atoms with Gasteiger partial charge in [-0.2, -0.15) is 0 Å². The van der Waals surface area contributed by atoms with E-state index >= 15 is 0 Å². The lowest BCUT2D eigenvalue weighted by Crippen LogP contribution is -2.24. The molecule has 0 aliphatic heterocycles. The van der Waals surface area contributed by atoms with Crippen molar-refractivity contribution < 1.29 is 0 Å². The predicted octanol–water partition coefficient (Wildman–Crippen LogP) is 3.03. The molecule has 1 aromatic rings. The van der Waals surface area contributed by atoms with Crippen LogP contribution in [-0.4, -0.2) is 13.1 Å². The van der Waals surface area contributed by atoms with Crippen molar-refractivity contribution in [3.05, 3.63) is 22.4 Å². The van der Waals surface area contributed by atoms with Gasteiger partial charge in [-0.05, 0) is 31.0 Å². The van der Waals surface area contributed by atoms with Gasteiger partial charge in [-0.3, -0.25) is 0 Å². The number of nitrogens with one attached hydrogen (secondary N) is 1. The SMILES string of the molecule is CCNCCC(C)(C)c1cccs1. The predicted molar refractivity (Wildman–Crippen MR) is 60.5 cm³/mol. The van der Waals surface area contributed by atoms with Gasteiger partial charge < -0.3 is 5.32 Å². The number of hydrogen-bond acceptors (Lipinski definition) is 2. The summed E-state index contributed by atoms with van der Waals surface area (Å²) in [5.41, 5.74) is 0.330. The Labute approximate surface area is 85.2 Å². The van der Waals surface area contributed by atoms with E-state index in [1.165, 1.54) is 11.3 Å². The Morgan fingerprint density at radius 2 is 2.23 bits per heavy atom. The maximum atomic E-state index is 3.37. The van der Waals surface area contributed by atoms with Crippen molar-refractivity contribution in [2.45, 2.75) is 32.6 Å². The molecular formula is C11H19NS. The average Bonchev–Trinajstić information content (AvgIpc) is 2.56. The first-order valence-corrected chi connectivity index (χ1v) is 5.79. The molecule has 0 atom stereocenters. The van der Waals surface area contributed by atoms with Crippen LogP contribution in [0.5, 0.6) is 0 Å². The van der Waals surface area contributed by atoms with E-state index in [2.05, 4.69) is 43.6 Å². The molecule has 74 valence electrons. The highest BCUT2D eigenvalue weighted by atomic mass is 32.1. The normalized spacial score (nSPS) is 11.9. The Morgan fingerprint density at radius 1 is 1.46 bits per heavy atom. The van der Waals surface area contributed by atoms with Crippen LogP contribution in [-0.2, 0) is 5.41 Å². The Kier molecular flexibility index (Phi) is 3.94. The molecule has 0 fully saturated rings. The van der Waals surface area contributed by atoms with E-state index in [-0.39, 0.29) is 0 Å². The molecule has 0 spiro atoms. The van der Waals surface area contributed by atoms with Gasteiger partial charge in [0.05, 0.1) is 0 Å². The summed E-state index contributed by atoms with van der Waals surface area (Å²) in [7, 11) is 0. The third-order valence-electron chi connectivity index (χ3n) is 2.36. The summed E-state index contributed by atoms with van der Waals surface area (Å²) in [4.78, 5) is 1.49. The second-order valence-electron chi connectivity index (χ2n) is 3.96. The number of rotatable bonds is 5. The molecule has 1 rings (SSSR count). The summed E-state index contributed by atoms with van der Waals surface area (Å²) >= 11 is 1.86. The molecular weight excluding hydrogens is 178 g/mol. The highest BCUT2D eigenvalue weighted by Gasteiger charge is 2.20. The zero-order valence-corrected chi connectivity index (χ0v) is 9.58. The smallest absolute Gasteiger partial charge is 0.0102 e. The lowest BCUT2D eigenvalue weighted by Gasteiger charge is -2.23. The van der Waals surface area contributed by atoms with Crippen molar-refractivity contribution in [2.24, 2.45) is 0 Å². The quantitative estimate of drug-likeness (QED) is 0.715. The van der Waals surface area contributed by atoms with Gasteiger partial charge >= 0.3 is 0 Å². The number of thiophene rings is 1. The van der Waals surface area contributed by atoms with Crippen LogP contribution in [0, 0.1) is 0 Å². The molecule has 0 saturated carbocycles. The first-order chi connectivity index (χ1) is 6.17. The van der Waals surface area contributed by atoms with Crippen molar-refractivity contribution in [3.63, 3.8) is 0 Å². The van der Waals surface area contributed by atoms with Gasteiger partial charge in [0.1, 0.15) is 0 Å². The first-order valence-electron chi connectivity index (χ1n) is 4.91. The van der Waals surface area contributed by atoms with Crippen LogP contribution in [0.1, 0.15) is 32.1 Å². The zero-order valence-electron chi connectivity index (χ0n) is 8.76. The average molecular weight is 197 g/mol. The van der Waals surface area contributed by atoms with E-state index in [1.807, 2.05) is 11.3 Å². The van der Waals surface area contributed by atoms with Gasteiger partial charge in [0.15, 0.2) is 0 Å². The second kappa shape index (κ2) is 4.77. The lowest BCUT2D eigenvalue weighted by molar-refractivity contribution is 0.469. The molecule has 13 heavy (non-hydrogen) atoms. The van der Waals surface area contributed by atoms with E-state index in [0.717, 1.165) is 13.1 Å². The van der Waals surface area contributed by atoms with Crippen LogP contribution in [0.2, 0.25) is 0 Å². The summed E-state index contributed by atoms with van der Waals surface area (Å²) in [5, 5.41) is 5.53. The third-order valence-corrected chi connectivity index (χ3v) is 3.60. The van der Waals surface area contributed by atoms with Gasteiger partial charge in [-0.25, -0.2) is 0 Å². The molecule has 0 saturated heterocycles. The molecule has 1 N–H and O–H groups in total. The van der Waals surface area contributed by atoms with Crippen molar-refractivity contribution in [2.75, 3.05) is 13.1 Å². The van der Waals surface area contributed by atoms with Gasteiger partial charge in [-0.1, -0.05) is 26.8 Å². The molecule has 0 aromatic carbocycles. The standard InChI is InChI=1S/C11H19NS/c1-4-12-8-7-11(2,3)10-6-5-9-13-10/h5-6,9,12H,4,7-8H2,1-3H3. The van der Waals surface area contributed by atoms with Gasteiger partial charge in [0.25, 0.3) is 0 Å². The van der Waals surface area contributed by atoms with E-state index < -0.39 is 0 Å². The zero-order chi connectivity index (χ0) is 9.73. The monoisotopic (exact) mass is 197 g/mol. The minimum absolute atomic E-state index is 0.330. The third kappa shape index (κ3) is 3.12. The van der Waals surface area contributed by atoms with E-state index in [9.17, 15) is 0 Å². The van der Waals surface area contributed by atoms with Gasteiger partial charge in [-0.15, -0.1) is 11.3 Å². The molecule has 0 bridgehead atoms. The summed E-state index contributed by atoms with van der Waals surface area (Å²) in [6.07, 6.45) is 1.21. The lowest BCUT2D eigenvalue weighted by atomic mass is 9.87. The van der Waals surface area contributed by atoms with E-state index in [4.69, 9.17) is 0 Å². The highest BCUT2D eigenvalue weighted by Crippen LogP contribution is 2.29. The fraction of sp³-hybridized carbons (Fsp3) is 0.636. The molecule has 0 amide bonds. The Balaban J connectivity index is 2.46. The van der Waals surface area contributed by atoms with Crippen LogP contribution in [0.3, 0.4) is 0 Å². The maximum Gasteiger partial charge on any atom is 0.0102 e. The highest BCUT2D eigenvalue weighted by molar-refractivity contribution is 7.10. The molecule has 0 unspecified atom stereocenters. The second-order valence-corrected chi connectivity index (χ2v) is 4.91. The summed E-state index contributed by atoms with van der Waals surface area (Å²) in [6.45, 7) is 8.96. The largest absolute Gasteiger partial charge is 0.317 e. The minimum Gasteiger partial charge on any atom is -0.317 e. The van der Waals surface area contributed by atoms with Crippen molar-refractivity contribution in [1.29, 1.82) is 0 Å².